The lowest BCUT2D eigenvalue weighted by atomic mass is 9.79. The van der Waals surface area contributed by atoms with Gasteiger partial charge in [0.05, 0.1) is 27.9 Å². The first-order valence-corrected chi connectivity index (χ1v) is 25.9. The van der Waals surface area contributed by atoms with E-state index in [1.54, 1.807) is 24.3 Å². The largest absolute Gasteiger partial charge is 0.748 e. The van der Waals surface area contributed by atoms with Crippen molar-refractivity contribution in [2.75, 3.05) is 36.8 Å². The van der Waals surface area contributed by atoms with Crippen LogP contribution in [0.1, 0.15) is 118 Å². The van der Waals surface area contributed by atoms with Crippen molar-refractivity contribution < 1.29 is 31.9 Å². The highest BCUT2D eigenvalue weighted by molar-refractivity contribution is 7.85. The minimum absolute atomic E-state index is 0.0211. The van der Waals surface area contributed by atoms with E-state index in [-0.39, 0.29) is 40.6 Å². The van der Waals surface area contributed by atoms with Crippen molar-refractivity contribution in [3.63, 3.8) is 0 Å². The third-order valence-electron chi connectivity index (χ3n) is 13.7. The summed E-state index contributed by atoms with van der Waals surface area (Å²) in [6, 6.07) is 35.4. The quantitative estimate of drug-likeness (QED) is 0.0246. The summed E-state index contributed by atoms with van der Waals surface area (Å²) < 4.78 is 36.3. The fraction of sp³-hybridized carbons (Fsp3) is 0.345. The van der Waals surface area contributed by atoms with E-state index in [9.17, 15) is 27.4 Å². The molecule has 2 aliphatic rings. The van der Waals surface area contributed by atoms with Gasteiger partial charge in [-0.3, -0.25) is 14.4 Å². The van der Waals surface area contributed by atoms with Crippen LogP contribution < -0.4 is 15.5 Å². The second-order valence-corrected chi connectivity index (χ2v) is 20.8. The first-order chi connectivity index (χ1) is 33.0. The van der Waals surface area contributed by atoms with E-state index >= 15 is 0 Å². The molecule has 7 rings (SSSR count). The van der Waals surface area contributed by atoms with E-state index in [2.05, 4.69) is 128 Å². The summed E-state index contributed by atoms with van der Waals surface area (Å²) in [5.74, 6) is -0.933. The number of carbonyl (C=O) groups excluding carboxylic acids is 3. The van der Waals surface area contributed by atoms with Crippen molar-refractivity contribution in [2.24, 2.45) is 0 Å². The zero-order valence-electron chi connectivity index (χ0n) is 40.9. The molecule has 0 bridgehead atoms. The molecule has 0 aromatic heterocycles. The second-order valence-electron chi connectivity index (χ2n) is 19.2. The number of rotatable bonds is 21. The fourth-order valence-corrected chi connectivity index (χ4v) is 10.5. The number of benzene rings is 5. The zero-order valence-corrected chi connectivity index (χ0v) is 41.7. The summed E-state index contributed by atoms with van der Waals surface area (Å²) in [6.45, 7) is 15.4. The maximum atomic E-state index is 13.1. The van der Waals surface area contributed by atoms with E-state index in [0.29, 0.717) is 43.6 Å². The van der Waals surface area contributed by atoms with Crippen LogP contribution >= 0.6 is 0 Å². The number of hydrogen-bond donors (Lipinski definition) is 2. The summed E-state index contributed by atoms with van der Waals surface area (Å²) in [7, 11) is -4.27. The molecular weight excluding hydrogens is 881 g/mol. The number of allylic oxidation sites excluding steroid dienone is 6. The molecule has 2 N–H and O–H groups in total. The van der Waals surface area contributed by atoms with Crippen LogP contribution in [0.2, 0.25) is 0 Å². The maximum absolute atomic E-state index is 13.1. The lowest BCUT2D eigenvalue weighted by Crippen LogP contribution is -2.29. The summed E-state index contributed by atoms with van der Waals surface area (Å²) >= 11 is 0. The number of hydrogen-bond acceptors (Lipinski definition) is 7. The molecule has 0 saturated heterocycles. The summed E-state index contributed by atoms with van der Waals surface area (Å²) in [5.41, 5.74) is 9.27. The number of anilines is 1. The number of amides is 2. The number of unbranched alkanes of at least 4 members (excludes halogenated alkanes) is 3. The summed E-state index contributed by atoms with van der Waals surface area (Å²) in [5, 5.41) is 8.48. The zero-order chi connectivity index (χ0) is 49.3. The Morgan fingerprint density at radius 3 is 2.23 bits per heavy atom. The molecule has 0 fully saturated rings. The first-order valence-electron chi connectivity index (χ1n) is 24.3. The van der Waals surface area contributed by atoms with Crippen LogP contribution in [0.25, 0.3) is 10.8 Å². The second kappa shape index (κ2) is 21.9. The van der Waals surface area contributed by atoms with Crippen LogP contribution in [0.3, 0.4) is 0 Å². The normalized spacial score (nSPS) is 16.1. The predicted molar refractivity (Wildman–Crippen MR) is 278 cm³/mol. The van der Waals surface area contributed by atoms with Gasteiger partial charge < -0.3 is 20.1 Å². The molecule has 0 saturated carbocycles. The topological polar surface area (TPSA) is 139 Å². The highest BCUT2D eigenvalue weighted by Gasteiger charge is 2.45. The highest BCUT2D eigenvalue weighted by Crippen LogP contribution is 2.48. The minimum Gasteiger partial charge on any atom is -0.748 e. The SMILES string of the molecule is CCN1/C(=C/C=C/C=C/C2=[N+](CCCCS(=O)(=O)[O-])c3ccc4ccccc4c3C2(C)C)C(C)(C)c2cc(CC(=O)NCCCCCNC(=O)[C@@H](C)c3cccc(C(=O)c4ccccc4)c3)ccc21. The number of carbonyl (C=O) groups is 3. The Kier molecular flexibility index (Phi) is 16.0. The maximum Gasteiger partial charge on any atom is 0.227 e. The Balaban J connectivity index is 0.909. The number of ketones is 1. The fourth-order valence-electron chi connectivity index (χ4n) is 9.98. The van der Waals surface area contributed by atoms with Gasteiger partial charge in [-0.2, -0.15) is 4.58 Å². The number of nitrogens with zero attached hydrogens (tertiary/aromatic N) is 2. The summed E-state index contributed by atoms with van der Waals surface area (Å²) in [6.07, 6.45) is 14.2. The lowest BCUT2D eigenvalue weighted by Gasteiger charge is -2.25. The molecule has 10 nitrogen and oxygen atoms in total. The molecule has 0 aliphatic carbocycles. The standard InChI is InChI=1S/C58H66N4O6S/c1-7-61-49-32-30-42(39-53(63)59-34-17-10-18-35-60-56(65)41(2)45-25-21-26-46(40-45)55(64)44-23-11-8-12-24-44)38-48(49)57(3,4)51(61)28-13-9-14-29-52-58(5,6)54-47-27-16-15-22-43(47)31-33-50(54)62(52)36-19-20-37-69(66,67)68/h8-9,11-16,21-33,38,40-41H,7,10,17-20,34-37,39H2,1-6H3,(H2-,59,60,63,65,66,67,68)/t41-/m0/s1. The van der Waals surface area contributed by atoms with E-state index < -0.39 is 16.0 Å². The lowest BCUT2D eigenvalue weighted by molar-refractivity contribution is -0.438. The van der Waals surface area contributed by atoms with Gasteiger partial charge in [0, 0.05) is 77.4 Å². The van der Waals surface area contributed by atoms with Crippen LogP contribution in [0.4, 0.5) is 11.4 Å². The van der Waals surface area contributed by atoms with Gasteiger partial charge in [-0.1, -0.05) is 117 Å². The van der Waals surface area contributed by atoms with E-state index in [1.165, 1.54) is 27.6 Å². The molecule has 5 aromatic rings. The van der Waals surface area contributed by atoms with Crippen molar-refractivity contribution >= 4 is 55.6 Å². The van der Waals surface area contributed by atoms with Crippen LogP contribution in [0.5, 0.6) is 0 Å². The third-order valence-corrected chi connectivity index (χ3v) is 14.5. The van der Waals surface area contributed by atoms with Gasteiger partial charge in [0.2, 0.25) is 17.5 Å². The highest BCUT2D eigenvalue weighted by atomic mass is 32.2. The molecule has 360 valence electrons. The predicted octanol–water partition coefficient (Wildman–Crippen LogP) is 10.3. The molecule has 69 heavy (non-hydrogen) atoms. The molecular formula is C58H66N4O6S. The van der Waals surface area contributed by atoms with Gasteiger partial charge in [0.15, 0.2) is 11.5 Å². The molecule has 11 heteroatoms. The van der Waals surface area contributed by atoms with Crippen molar-refractivity contribution in [3.05, 3.63) is 179 Å². The molecule has 5 aromatic carbocycles. The average Bonchev–Trinajstić information content (AvgIpc) is 3.69. The third kappa shape index (κ3) is 11.7. The van der Waals surface area contributed by atoms with E-state index in [1.807, 2.05) is 49.4 Å². The molecule has 2 aliphatic heterocycles. The van der Waals surface area contributed by atoms with Crippen molar-refractivity contribution in [3.8, 4) is 0 Å². The van der Waals surface area contributed by atoms with Gasteiger partial charge in [0.25, 0.3) is 0 Å². The monoisotopic (exact) mass is 946 g/mol. The van der Waals surface area contributed by atoms with Gasteiger partial charge in [-0.15, -0.1) is 0 Å². The van der Waals surface area contributed by atoms with E-state index in [4.69, 9.17) is 0 Å². The number of likely N-dealkylation sites (N-methyl/N-ethyl adjacent to an activating group) is 1. The van der Waals surface area contributed by atoms with Crippen LogP contribution in [-0.2, 0) is 37.0 Å². The average molecular weight is 947 g/mol. The van der Waals surface area contributed by atoms with Gasteiger partial charge in [-0.05, 0) is 105 Å². The van der Waals surface area contributed by atoms with Crippen molar-refractivity contribution in [2.45, 2.75) is 96.8 Å². The van der Waals surface area contributed by atoms with Gasteiger partial charge in [0.1, 0.15) is 6.54 Å². The van der Waals surface area contributed by atoms with Gasteiger partial charge >= 0.3 is 0 Å². The molecule has 0 spiro atoms. The Morgan fingerprint density at radius 2 is 1.48 bits per heavy atom. The molecule has 2 heterocycles. The molecule has 1 atom stereocenters. The first kappa shape index (κ1) is 50.4. The Hall–Kier alpha value is -6.43. The molecule has 0 unspecified atom stereocenters. The minimum atomic E-state index is -4.27. The smallest absolute Gasteiger partial charge is 0.227 e. The van der Waals surface area contributed by atoms with Gasteiger partial charge in [-0.25, -0.2) is 8.42 Å². The number of nitrogens with one attached hydrogen (secondary N) is 2. The van der Waals surface area contributed by atoms with Crippen molar-refractivity contribution in [1.82, 2.24) is 10.6 Å². The summed E-state index contributed by atoms with van der Waals surface area (Å²) in [4.78, 5) is 41.4. The number of fused-ring (bicyclic) bond motifs is 4. The molecule has 2 amide bonds. The van der Waals surface area contributed by atoms with Crippen LogP contribution in [0, 0.1) is 0 Å². The van der Waals surface area contributed by atoms with Crippen molar-refractivity contribution in [1.29, 1.82) is 0 Å². The van der Waals surface area contributed by atoms with Crippen LogP contribution in [0.15, 0.2) is 145 Å². The Bertz CT molecular complexity index is 2950. The Labute approximate surface area is 408 Å². The Morgan fingerprint density at radius 1 is 0.754 bits per heavy atom. The van der Waals surface area contributed by atoms with E-state index in [0.717, 1.165) is 54.0 Å². The van der Waals surface area contributed by atoms with Crippen LogP contribution in [-0.4, -0.2) is 72.8 Å². The molecule has 0 radical (unpaired) electrons.